The van der Waals surface area contributed by atoms with Gasteiger partial charge in [0.05, 0.1) is 30.2 Å². The molecule has 1 heterocycles. The lowest BCUT2D eigenvalue weighted by atomic mass is 10.0. The fourth-order valence-corrected chi connectivity index (χ4v) is 3.35. The van der Waals surface area contributed by atoms with Gasteiger partial charge in [-0.25, -0.2) is 4.79 Å². The molecule has 0 fully saturated rings. The highest BCUT2D eigenvalue weighted by Crippen LogP contribution is 2.36. The Labute approximate surface area is 177 Å². The van der Waals surface area contributed by atoms with E-state index in [4.69, 9.17) is 14.6 Å². The van der Waals surface area contributed by atoms with Crippen molar-refractivity contribution in [2.75, 3.05) is 13.2 Å². The van der Waals surface area contributed by atoms with Crippen LogP contribution in [0.1, 0.15) is 44.0 Å². The van der Waals surface area contributed by atoms with E-state index in [1.807, 2.05) is 48.9 Å². The van der Waals surface area contributed by atoms with Gasteiger partial charge in [-0.3, -0.25) is 4.68 Å². The Kier molecular flexibility index (Phi) is 7.12. The first kappa shape index (κ1) is 21.4. The Bertz CT molecular complexity index is 1010. The van der Waals surface area contributed by atoms with Crippen molar-refractivity contribution in [2.45, 2.75) is 40.2 Å². The summed E-state index contributed by atoms with van der Waals surface area (Å²) in [7, 11) is 0. The van der Waals surface area contributed by atoms with Crippen LogP contribution >= 0.6 is 0 Å². The largest absolute Gasteiger partial charge is 0.493 e. The molecule has 158 valence electrons. The second-order valence-electron chi connectivity index (χ2n) is 6.87. The van der Waals surface area contributed by atoms with Crippen LogP contribution in [-0.2, 0) is 6.54 Å². The fraction of sp³-hybridized carbons (Fsp3) is 0.333. The number of aromatic nitrogens is 2. The van der Waals surface area contributed by atoms with Gasteiger partial charge in [-0.15, -0.1) is 0 Å². The third kappa shape index (κ3) is 4.64. The van der Waals surface area contributed by atoms with Crippen LogP contribution in [0.2, 0.25) is 0 Å². The number of unbranched alkanes of at least 4 members (excludes halogenated alkanes) is 1. The molecule has 6 heteroatoms. The van der Waals surface area contributed by atoms with Crippen LogP contribution in [0.15, 0.2) is 48.5 Å². The zero-order valence-corrected chi connectivity index (χ0v) is 17.7. The molecule has 0 aliphatic carbocycles. The van der Waals surface area contributed by atoms with Crippen molar-refractivity contribution < 1.29 is 19.4 Å². The van der Waals surface area contributed by atoms with Crippen molar-refractivity contribution >= 4 is 5.97 Å². The molecule has 3 rings (SSSR count). The molecule has 2 aromatic carbocycles. The molecule has 30 heavy (non-hydrogen) atoms. The van der Waals surface area contributed by atoms with E-state index in [1.54, 1.807) is 18.2 Å². The summed E-state index contributed by atoms with van der Waals surface area (Å²) in [5.74, 6) is 0.437. The predicted molar refractivity (Wildman–Crippen MR) is 117 cm³/mol. The standard InChI is InChI=1S/C24H28N2O4/c1-4-7-14-26-21(18-10-8-9-11-22(18)29-5-2)16-20(25-26)19-15-17(24(27)28)12-13-23(19)30-6-3/h8-13,15-16H,4-7,14H2,1-3H3,(H,27,28). The molecule has 0 saturated heterocycles. The van der Waals surface area contributed by atoms with Crippen molar-refractivity contribution in [1.29, 1.82) is 0 Å². The molecule has 0 unspecified atom stereocenters. The van der Waals surface area contributed by atoms with Crippen LogP contribution in [0.3, 0.4) is 0 Å². The molecule has 0 amide bonds. The van der Waals surface area contributed by atoms with Gasteiger partial charge in [0, 0.05) is 17.7 Å². The van der Waals surface area contributed by atoms with Crippen molar-refractivity contribution in [3.05, 3.63) is 54.1 Å². The summed E-state index contributed by atoms with van der Waals surface area (Å²) in [5.41, 5.74) is 3.45. The third-order valence-corrected chi connectivity index (χ3v) is 4.77. The van der Waals surface area contributed by atoms with Gasteiger partial charge >= 0.3 is 5.97 Å². The number of aryl methyl sites for hydroxylation is 1. The summed E-state index contributed by atoms with van der Waals surface area (Å²) in [6, 6.07) is 14.8. The molecule has 0 saturated carbocycles. The number of rotatable bonds is 10. The van der Waals surface area contributed by atoms with Crippen molar-refractivity contribution in [3.63, 3.8) is 0 Å². The number of hydrogen-bond donors (Lipinski definition) is 1. The van der Waals surface area contributed by atoms with Crippen LogP contribution in [-0.4, -0.2) is 34.1 Å². The van der Waals surface area contributed by atoms with Gasteiger partial charge in [0.15, 0.2) is 0 Å². The summed E-state index contributed by atoms with van der Waals surface area (Å²) in [4.78, 5) is 11.5. The average Bonchev–Trinajstić information content (AvgIpc) is 3.17. The molecule has 1 aromatic heterocycles. The van der Waals surface area contributed by atoms with E-state index in [9.17, 15) is 9.90 Å². The van der Waals surface area contributed by atoms with E-state index in [-0.39, 0.29) is 5.56 Å². The second-order valence-corrected chi connectivity index (χ2v) is 6.87. The fourth-order valence-electron chi connectivity index (χ4n) is 3.35. The maximum absolute atomic E-state index is 11.5. The number of aromatic carboxylic acids is 1. The Balaban J connectivity index is 2.16. The van der Waals surface area contributed by atoms with Crippen LogP contribution in [0.5, 0.6) is 11.5 Å². The number of carboxylic acid groups (broad SMARTS) is 1. The van der Waals surface area contributed by atoms with Crippen LogP contribution in [0, 0.1) is 0 Å². The molecule has 0 radical (unpaired) electrons. The normalized spacial score (nSPS) is 10.8. The van der Waals surface area contributed by atoms with E-state index < -0.39 is 5.97 Å². The topological polar surface area (TPSA) is 73.6 Å². The highest BCUT2D eigenvalue weighted by Gasteiger charge is 2.19. The first-order chi connectivity index (χ1) is 14.6. The van der Waals surface area contributed by atoms with Crippen molar-refractivity contribution in [3.8, 4) is 34.0 Å². The van der Waals surface area contributed by atoms with Crippen LogP contribution in [0.4, 0.5) is 0 Å². The Morgan fingerprint density at radius 3 is 2.33 bits per heavy atom. The molecule has 0 spiro atoms. The monoisotopic (exact) mass is 408 g/mol. The maximum Gasteiger partial charge on any atom is 0.335 e. The molecule has 0 aliphatic heterocycles. The Morgan fingerprint density at radius 1 is 0.967 bits per heavy atom. The SMILES string of the molecule is CCCCn1nc(-c2cc(C(=O)O)ccc2OCC)cc1-c1ccccc1OCC. The average molecular weight is 408 g/mol. The molecule has 3 aromatic rings. The molecular weight excluding hydrogens is 380 g/mol. The second kappa shape index (κ2) is 9.96. The lowest BCUT2D eigenvalue weighted by Crippen LogP contribution is -2.04. The van der Waals surface area contributed by atoms with Gasteiger partial charge in [-0.2, -0.15) is 5.10 Å². The maximum atomic E-state index is 11.5. The Morgan fingerprint density at radius 2 is 1.67 bits per heavy atom. The minimum absolute atomic E-state index is 0.202. The van der Waals surface area contributed by atoms with Gasteiger partial charge < -0.3 is 14.6 Å². The van der Waals surface area contributed by atoms with Crippen LogP contribution in [0.25, 0.3) is 22.5 Å². The molecule has 0 bridgehead atoms. The minimum atomic E-state index is -0.980. The van der Waals surface area contributed by atoms with E-state index in [1.165, 1.54) is 0 Å². The molecule has 0 aliphatic rings. The summed E-state index contributed by atoms with van der Waals surface area (Å²) in [6.07, 6.45) is 2.03. The number of carbonyl (C=O) groups is 1. The summed E-state index contributed by atoms with van der Waals surface area (Å²) < 4.78 is 13.6. The third-order valence-electron chi connectivity index (χ3n) is 4.77. The predicted octanol–water partition coefficient (Wildman–Crippen LogP) is 5.51. The van der Waals surface area contributed by atoms with Gasteiger partial charge in [0.1, 0.15) is 11.5 Å². The van der Waals surface area contributed by atoms with E-state index in [0.29, 0.717) is 30.2 Å². The molecule has 1 N–H and O–H groups in total. The first-order valence-electron chi connectivity index (χ1n) is 10.4. The highest BCUT2D eigenvalue weighted by molar-refractivity contribution is 5.90. The van der Waals surface area contributed by atoms with Crippen molar-refractivity contribution in [2.24, 2.45) is 0 Å². The van der Waals surface area contributed by atoms with Gasteiger partial charge in [0.25, 0.3) is 0 Å². The smallest absolute Gasteiger partial charge is 0.335 e. The van der Waals surface area contributed by atoms with E-state index in [0.717, 1.165) is 36.4 Å². The van der Waals surface area contributed by atoms with Gasteiger partial charge in [-0.05, 0) is 56.7 Å². The summed E-state index contributed by atoms with van der Waals surface area (Å²) in [6.45, 7) is 7.82. The summed E-state index contributed by atoms with van der Waals surface area (Å²) in [5, 5.41) is 14.3. The summed E-state index contributed by atoms with van der Waals surface area (Å²) >= 11 is 0. The molecular formula is C24H28N2O4. The quantitative estimate of drug-likeness (QED) is 0.479. The number of hydrogen-bond acceptors (Lipinski definition) is 4. The van der Waals surface area contributed by atoms with Crippen molar-refractivity contribution in [1.82, 2.24) is 9.78 Å². The number of benzene rings is 2. The number of nitrogens with zero attached hydrogens (tertiary/aromatic N) is 2. The number of carboxylic acids is 1. The van der Waals surface area contributed by atoms with Gasteiger partial charge in [-0.1, -0.05) is 25.5 Å². The number of ether oxygens (including phenoxy) is 2. The Hall–Kier alpha value is -3.28. The zero-order chi connectivity index (χ0) is 21.5. The lowest BCUT2D eigenvalue weighted by Gasteiger charge is -2.11. The number of para-hydroxylation sites is 1. The molecule has 0 atom stereocenters. The van der Waals surface area contributed by atoms with E-state index >= 15 is 0 Å². The minimum Gasteiger partial charge on any atom is -0.493 e. The lowest BCUT2D eigenvalue weighted by molar-refractivity contribution is 0.0697. The van der Waals surface area contributed by atoms with Crippen LogP contribution < -0.4 is 9.47 Å². The molecule has 6 nitrogen and oxygen atoms in total. The highest BCUT2D eigenvalue weighted by atomic mass is 16.5. The first-order valence-corrected chi connectivity index (χ1v) is 10.4. The van der Waals surface area contributed by atoms with Gasteiger partial charge in [0.2, 0.25) is 0 Å². The zero-order valence-electron chi connectivity index (χ0n) is 17.7. The van der Waals surface area contributed by atoms with E-state index in [2.05, 4.69) is 6.92 Å².